The lowest BCUT2D eigenvalue weighted by molar-refractivity contribution is 0.0525. The number of nitrogens with one attached hydrogen (secondary N) is 1. The number of rotatable bonds is 10. The average Bonchev–Trinajstić information content (AvgIpc) is 3.31. The predicted octanol–water partition coefficient (Wildman–Crippen LogP) is 4.53. The maximum Gasteiger partial charge on any atom is 0.339 e. The Morgan fingerprint density at radius 2 is 1.70 bits per heavy atom. The Bertz CT molecular complexity index is 1380. The molecule has 4 aromatic rings. The normalized spacial score (nSPS) is 10.9. The first kappa shape index (κ1) is 25.4. The number of ether oxygens (including phenoxy) is 1. The van der Waals surface area contributed by atoms with E-state index in [-0.39, 0.29) is 11.9 Å². The molecule has 1 amide bonds. The Labute approximate surface area is 216 Å². The number of carbonyl (C=O) groups is 2. The number of amides is 1. The molecule has 1 heterocycles. The molecular formula is C30H30N4O3. The molecule has 0 atom stereocenters. The fraction of sp³-hybridized carbons (Fsp3) is 0.167. The second kappa shape index (κ2) is 12.4. The fourth-order valence-corrected chi connectivity index (χ4v) is 4.12. The summed E-state index contributed by atoms with van der Waals surface area (Å²) in [5.74, 6) is 4.80. The Morgan fingerprint density at radius 3 is 2.43 bits per heavy atom. The summed E-state index contributed by atoms with van der Waals surface area (Å²) in [6, 6.07) is 25.1. The zero-order valence-electron chi connectivity index (χ0n) is 20.8. The Hall–Kier alpha value is -4.65. The van der Waals surface area contributed by atoms with E-state index in [4.69, 9.17) is 10.6 Å². The van der Waals surface area contributed by atoms with Crippen LogP contribution in [0.3, 0.4) is 0 Å². The second-order valence-corrected chi connectivity index (χ2v) is 8.66. The summed E-state index contributed by atoms with van der Waals surface area (Å²) in [5, 5.41) is 6.53. The molecule has 0 unspecified atom stereocenters. The maximum absolute atomic E-state index is 12.7. The molecular weight excluding hydrogens is 464 g/mol. The summed E-state index contributed by atoms with van der Waals surface area (Å²) in [6.45, 7) is 3.15. The van der Waals surface area contributed by atoms with Crippen LogP contribution in [0.4, 0.5) is 0 Å². The number of hydrazone groups is 1. The smallest absolute Gasteiger partial charge is 0.339 e. The summed E-state index contributed by atoms with van der Waals surface area (Å²) in [6.07, 6.45) is 5.92. The van der Waals surface area contributed by atoms with E-state index in [1.54, 1.807) is 25.3 Å². The summed E-state index contributed by atoms with van der Waals surface area (Å²) in [4.78, 5) is 25.2. The summed E-state index contributed by atoms with van der Waals surface area (Å²) < 4.78 is 7.28. The third-order valence-corrected chi connectivity index (χ3v) is 5.90. The monoisotopic (exact) mass is 494 g/mol. The highest BCUT2D eigenvalue weighted by Gasteiger charge is 2.17. The summed E-state index contributed by atoms with van der Waals surface area (Å²) >= 11 is 0. The van der Waals surface area contributed by atoms with Crippen molar-refractivity contribution >= 4 is 18.1 Å². The van der Waals surface area contributed by atoms with E-state index >= 15 is 0 Å². The lowest BCUT2D eigenvalue weighted by Crippen LogP contribution is -2.22. The van der Waals surface area contributed by atoms with E-state index in [1.165, 1.54) is 0 Å². The molecule has 37 heavy (non-hydrogen) atoms. The van der Waals surface area contributed by atoms with Gasteiger partial charge in [-0.2, -0.15) is 5.10 Å². The van der Waals surface area contributed by atoms with Crippen molar-refractivity contribution in [2.45, 2.75) is 26.4 Å². The number of nitrogens with two attached hydrogens (primary N) is 1. The molecule has 0 saturated carbocycles. The molecule has 3 aromatic carbocycles. The second-order valence-electron chi connectivity index (χ2n) is 8.66. The van der Waals surface area contributed by atoms with Crippen LogP contribution in [0.2, 0.25) is 0 Å². The van der Waals surface area contributed by atoms with Gasteiger partial charge >= 0.3 is 5.97 Å². The van der Waals surface area contributed by atoms with Gasteiger partial charge in [-0.3, -0.25) is 4.79 Å². The Kier molecular flexibility index (Phi) is 8.49. The van der Waals surface area contributed by atoms with Crippen LogP contribution in [0.25, 0.3) is 0 Å². The molecule has 188 valence electrons. The first-order chi connectivity index (χ1) is 18.1. The third kappa shape index (κ3) is 6.95. The van der Waals surface area contributed by atoms with Crippen molar-refractivity contribution in [3.63, 3.8) is 0 Å². The molecule has 0 saturated heterocycles. The Morgan fingerprint density at radius 1 is 0.946 bits per heavy atom. The quantitative estimate of drug-likeness (QED) is 0.146. The average molecular weight is 495 g/mol. The highest BCUT2D eigenvalue weighted by atomic mass is 16.5. The third-order valence-electron chi connectivity index (χ3n) is 5.90. The Balaban J connectivity index is 1.48. The molecule has 7 nitrogen and oxygen atoms in total. The number of benzene rings is 3. The fourth-order valence-electron chi connectivity index (χ4n) is 4.12. The molecule has 0 aliphatic heterocycles. The molecule has 0 spiro atoms. The molecule has 0 bridgehead atoms. The largest absolute Gasteiger partial charge is 0.462 e. The maximum atomic E-state index is 12.7. The molecule has 1 aromatic heterocycles. The van der Waals surface area contributed by atoms with Crippen molar-refractivity contribution in [3.8, 4) is 0 Å². The van der Waals surface area contributed by atoms with Crippen molar-refractivity contribution in [3.05, 3.63) is 130 Å². The van der Waals surface area contributed by atoms with Crippen molar-refractivity contribution in [1.29, 1.82) is 0 Å². The minimum absolute atomic E-state index is 0.129. The number of hydrogen-bond acceptors (Lipinski definition) is 5. The number of carbonyl (C=O) groups excluding carboxylic acids is 2. The van der Waals surface area contributed by atoms with Gasteiger partial charge in [-0.25, -0.2) is 4.79 Å². The van der Waals surface area contributed by atoms with Gasteiger partial charge in [-0.1, -0.05) is 60.7 Å². The van der Waals surface area contributed by atoms with E-state index in [9.17, 15) is 9.59 Å². The van der Waals surface area contributed by atoms with Gasteiger partial charge in [-0.15, -0.1) is 0 Å². The molecule has 0 aliphatic rings. The van der Waals surface area contributed by atoms with Crippen LogP contribution in [0.5, 0.6) is 0 Å². The molecule has 7 heteroatoms. The molecule has 3 N–H and O–H groups in total. The summed E-state index contributed by atoms with van der Waals surface area (Å²) in [7, 11) is 0. The zero-order chi connectivity index (χ0) is 26.0. The first-order valence-electron chi connectivity index (χ1n) is 12.1. The topological polar surface area (TPSA) is 98.7 Å². The zero-order valence-corrected chi connectivity index (χ0v) is 20.8. The van der Waals surface area contributed by atoms with Crippen LogP contribution in [0.15, 0.2) is 96.4 Å². The SMILES string of the molecule is CCOC(=O)c1cn(Cc2cccc(C=NN)c2)cc1Cc1ccc(C(=O)NCc2ccccc2)cc1. The molecule has 0 radical (unpaired) electrons. The van der Waals surface area contributed by atoms with Gasteiger partial charge in [0.1, 0.15) is 0 Å². The molecule has 0 aliphatic carbocycles. The van der Waals surface area contributed by atoms with E-state index in [0.29, 0.717) is 37.2 Å². The lowest BCUT2D eigenvalue weighted by atomic mass is 10.0. The highest BCUT2D eigenvalue weighted by molar-refractivity contribution is 5.94. The van der Waals surface area contributed by atoms with E-state index < -0.39 is 0 Å². The van der Waals surface area contributed by atoms with Crippen molar-refractivity contribution < 1.29 is 14.3 Å². The highest BCUT2D eigenvalue weighted by Crippen LogP contribution is 2.19. The van der Waals surface area contributed by atoms with Crippen LogP contribution in [-0.2, 0) is 24.2 Å². The van der Waals surface area contributed by atoms with Crippen LogP contribution >= 0.6 is 0 Å². The van der Waals surface area contributed by atoms with Gasteiger partial charge < -0.3 is 20.5 Å². The van der Waals surface area contributed by atoms with Crippen LogP contribution in [0.1, 0.15) is 55.5 Å². The number of aromatic nitrogens is 1. The molecule has 0 fully saturated rings. The number of nitrogens with zero attached hydrogens (tertiary/aromatic N) is 2. The molecule has 4 rings (SSSR count). The van der Waals surface area contributed by atoms with Gasteiger partial charge in [0.25, 0.3) is 5.91 Å². The minimum atomic E-state index is -0.350. The minimum Gasteiger partial charge on any atom is -0.462 e. The van der Waals surface area contributed by atoms with Crippen molar-refractivity contribution in [2.24, 2.45) is 10.9 Å². The van der Waals surface area contributed by atoms with Crippen molar-refractivity contribution in [1.82, 2.24) is 9.88 Å². The van der Waals surface area contributed by atoms with Gasteiger partial charge in [0.05, 0.1) is 18.4 Å². The van der Waals surface area contributed by atoms with E-state index in [2.05, 4.69) is 10.4 Å². The van der Waals surface area contributed by atoms with Gasteiger partial charge in [0, 0.05) is 31.0 Å². The summed E-state index contributed by atoms with van der Waals surface area (Å²) in [5.41, 5.74) is 5.98. The van der Waals surface area contributed by atoms with Gasteiger partial charge in [0.15, 0.2) is 0 Å². The van der Waals surface area contributed by atoms with Crippen LogP contribution in [0, 0.1) is 0 Å². The van der Waals surface area contributed by atoms with Crippen molar-refractivity contribution in [2.75, 3.05) is 6.61 Å². The lowest BCUT2D eigenvalue weighted by Gasteiger charge is -2.07. The van der Waals surface area contributed by atoms with Crippen LogP contribution in [-0.4, -0.2) is 29.3 Å². The van der Waals surface area contributed by atoms with Crippen LogP contribution < -0.4 is 11.2 Å². The number of hydrogen-bond donors (Lipinski definition) is 2. The standard InChI is InChI=1S/C30H30N4O3/c1-2-37-30(36)28-21-34(19-25-10-6-9-24(15-25)18-33-31)20-27(28)16-22-11-13-26(14-12-22)29(35)32-17-23-7-4-3-5-8-23/h3-15,18,20-21H,2,16-17,19,31H2,1H3,(H,32,35). The van der Waals surface area contributed by atoms with Gasteiger partial charge in [0.2, 0.25) is 0 Å². The predicted molar refractivity (Wildman–Crippen MR) is 145 cm³/mol. The van der Waals surface area contributed by atoms with E-state index in [1.807, 2.05) is 83.7 Å². The van der Waals surface area contributed by atoms with Gasteiger partial charge in [-0.05, 0) is 59.4 Å². The van der Waals surface area contributed by atoms with E-state index in [0.717, 1.165) is 27.8 Å². The number of esters is 1. The first-order valence-corrected chi connectivity index (χ1v) is 12.1.